The molecular formula is C13H26O. The van der Waals surface area contributed by atoms with Crippen LogP contribution < -0.4 is 0 Å². The third kappa shape index (κ3) is 2.98. The summed E-state index contributed by atoms with van der Waals surface area (Å²) >= 11 is 0. The molecule has 2 unspecified atom stereocenters. The monoisotopic (exact) mass is 198 g/mol. The van der Waals surface area contributed by atoms with E-state index in [0.717, 1.165) is 12.3 Å². The van der Waals surface area contributed by atoms with Crippen LogP contribution in [0.1, 0.15) is 60.3 Å². The minimum absolute atomic E-state index is 0.491. The molecule has 1 N–H and O–H groups in total. The van der Waals surface area contributed by atoms with Gasteiger partial charge >= 0.3 is 0 Å². The molecule has 84 valence electrons. The highest BCUT2D eigenvalue weighted by Gasteiger charge is 2.38. The van der Waals surface area contributed by atoms with Gasteiger partial charge in [0.2, 0.25) is 0 Å². The van der Waals surface area contributed by atoms with Gasteiger partial charge in [0.15, 0.2) is 0 Å². The Morgan fingerprint density at radius 2 is 2.00 bits per heavy atom. The van der Waals surface area contributed by atoms with E-state index in [1.165, 1.54) is 19.3 Å². The van der Waals surface area contributed by atoms with Crippen LogP contribution >= 0.6 is 0 Å². The topological polar surface area (TPSA) is 20.2 Å². The van der Waals surface area contributed by atoms with Crippen LogP contribution in [0.3, 0.4) is 0 Å². The van der Waals surface area contributed by atoms with E-state index in [0.29, 0.717) is 11.3 Å². The zero-order chi connectivity index (χ0) is 11.0. The van der Waals surface area contributed by atoms with Crippen LogP contribution in [0.5, 0.6) is 0 Å². The summed E-state index contributed by atoms with van der Waals surface area (Å²) in [6.45, 7) is 10.9. The maximum Gasteiger partial charge on any atom is 0.0594 e. The third-order valence-electron chi connectivity index (χ3n) is 3.85. The molecular weight excluding hydrogens is 172 g/mol. The minimum atomic E-state index is -0.502. The Morgan fingerprint density at radius 1 is 1.43 bits per heavy atom. The van der Waals surface area contributed by atoms with E-state index >= 15 is 0 Å². The van der Waals surface area contributed by atoms with E-state index in [-0.39, 0.29) is 0 Å². The lowest BCUT2D eigenvalue weighted by molar-refractivity contribution is 0.0325. The number of hydrogen-bond donors (Lipinski definition) is 1. The summed E-state index contributed by atoms with van der Waals surface area (Å²) in [5.74, 6) is 1.45. The molecule has 0 amide bonds. The number of aliphatic hydroxyl groups is 1. The van der Waals surface area contributed by atoms with Gasteiger partial charge in [-0.25, -0.2) is 0 Å². The summed E-state index contributed by atoms with van der Waals surface area (Å²) in [4.78, 5) is 0. The van der Waals surface area contributed by atoms with Crippen LogP contribution in [-0.2, 0) is 0 Å². The van der Waals surface area contributed by atoms with Crippen LogP contribution in [0.4, 0.5) is 0 Å². The van der Waals surface area contributed by atoms with Crippen molar-refractivity contribution in [3.8, 4) is 0 Å². The van der Waals surface area contributed by atoms with Crippen molar-refractivity contribution < 1.29 is 5.11 Å². The molecule has 2 atom stereocenters. The maximum atomic E-state index is 9.82. The van der Waals surface area contributed by atoms with Crippen molar-refractivity contribution in [1.82, 2.24) is 0 Å². The molecule has 1 rings (SSSR count). The third-order valence-corrected chi connectivity index (χ3v) is 3.85. The fourth-order valence-electron chi connectivity index (χ4n) is 3.34. The van der Waals surface area contributed by atoms with Gasteiger partial charge in [-0.3, -0.25) is 0 Å². The molecule has 0 aromatic carbocycles. The largest absolute Gasteiger partial charge is 0.390 e. The predicted octanol–water partition coefficient (Wildman–Crippen LogP) is 3.61. The Hall–Kier alpha value is -0.0400. The lowest BCUT2D eigenvalue weighted by Crippen LogP contribution is -2.30. The van der Waals surface area contributed by atoms with Gasteiger partial charge in [-0.2, -0.15) is 0 Å². The van der Waals surface area contributed by atoms with Crippen LogP contribution in [0.2, 0.25) is 0 Å². The summed E-state index contributed by atoms with van der Waals surface area (Å²) in [6.07, 6.45) is 5.01. The van der Waals surface area contributed by atoms with E-state index < -0.39 is 5.60 Å². The highest BCUT2D eigenvalue weighted by molar-refractivity contribution is 4.89. The Kier molecular flexibility index (Phi) is 3.30. The van der Waals surface area contributed by atoms with Gasteiger partial charge < -0.3 is 5.11 Å². The number of hydrogen-bond acceptors (Lipinski definition) is 1. The smallest absolute Gasteiger partial charge is 0.0594 e. The predicted molar refractivity (Wildman–Crippen MR) is 61.2 cm³/mol. The normalized spacial score (nSPS) is 29.1. The fourth-order valence-corrected chi connectivity index (χ4v) is 3.34. The number of rotatable bonds is 3. The van der Waals surface area contributed by atoms with Gasteiger partial charge in [0.1, 0.15) is 0 Å². The summed E-state index contributed by atoms with van der Waals surface area (Å²) < 4.78 is 0. The first-order valence-electron chi connectivity index (χ1n) is 5.95. The first-order chi connectivity index (χ1) is 6.22. The molecule has 0 radical (unpaired) electrons. The molecule has 1 saturated carbocycles. The summed E-state index contributed by atoms with van der Waals surface area (Å²) in [5.41, 5.74) is -0.0112. The Bertz CT molecular complexity index is 188. The van der Waals surface area contributed by atoms with Gasteiger partial charge in [-0.1, -0.05) is 27.2 Å². The summed E-state index contributed by atoms with van der Waals surface area (Å²) in [6, 6.07) is 0. The average molecular weight is 198 g/mol. The standard InChI is InChI=1S/C13H26O/c1-10(9-13(4,5)14)11-7-6-8-12(11,2)3/h10-11,14H,6-9H2,1-5H3. The van der Waals surface area contributed by atoms with Gasteiger partial charge in [-0.05, 0) is 50.4 Å². The van der Waals surface area contributed by atoms with Crippen LogP contribution in [0.25, 0.3) is 0 Å². The highest BCUT2D eigenvalue weighted by atomic mass is 16.3. The van der Waals surface area contributed by atoms with Crippen LogP contribution in [0.15, 0.2) is 0 Å². The molecule has 0 aromatic rings. The van der Waals surface area contributed by atoms with Crippen molar-refractivity contribution in [3.63, 3.8) is 0 Å². The molecule has 1 heteroatoms. The van der Waals surface area contributed by atoms with E-state index in [9.17, 15) is 5.11 Å². The molecule has 0 saturated heterocycles. The van der Waals surface area contributed by atoms with E-state index in [1.807, 2.05) is 13.8 Å². The molecule has 1 aliphatic rings. The molecule has 0 heterocycles. The first-order valence-corrected chi connectivity index (χ1v) is 5.95. The van der Waals surface area contributed by atoms with E-state index in [2.05, 4.69) is 20.8 Å². The lowest BCUT2D eigenvalue weighted by Gasteiger charge is -2.35. The van der Waals surface area contributed by atoms with Gasteiger partial charge in [0, 0.05) is 0 Å². The van der Waals surface area contributed by atoms with Crippen LogP contribution in [0, 0.1) is 17.3 Å². The SMILES string of the molecule is CC(CC(C)(C)O)C1CCCC1(C)C. The molecule has 1 nitrogen and oxygen atoms in total. The van der Waals surface area contributed by atoms with Crippen LogP contribution in [-0.4, -0.2) is 10.7 Å². The summed E-state index contributed by atoms with van der Waals surface area (Å²) in [7, 11) is 0. The van der Waals surface area contributed by atoms with Crippen molar-refractivity contribution in [2.75, 3.05) is 0 Å². The maximum absolute atomic E-state index is 9.82. The summed E-state index contributed by atoms with van der Waals surface area (Å²) in [5, 5.41) is 9.82. The van der Waals surface area contributed by atoms with Crippen molar-refractivity contribution in [2.24, 2.45) is 17.3 Å². The van der Waals surface area contributed by atoms with Crippen molar-refractivity contribution in [3.05, 3.63) is 0 Å². The second kappa shape index (κ2) is 3.84. The molecule has 1 aliphatic carbocycles. The molecule has 0 aromatic heterocycles. The highest BCUT2D eigenvalue weighted by Crippen LogP contribution is 2.47. The molecule has 1 fully saturated rings. The van der Waals surface area contributed by atoms with E-state index in [1.54, 1.807) is 0 Å². The Morgan fingerprint density at radius 3 is 2.36 bits per heavy atom. The fraction of sp³-hybridized carbons (Fsp3) is 1.00. The molecule has 14 heavy (non-hydrogen) atoms. The van der Waals surface area contributed by atoms with Crippen molar-refractivity contribution in [2.45, 2.75) is 65.9 Å². The van der Waals surface area contributed by atoms with Gasteiger partial charge in [0.05, 0.1) is 5.60 Å². The molecule has 0 aliphatic heterocycles. The lowest BCUT2D eigenvalue weighted by atomic mass is 9.72. The Labute approximate surface area is 88.9 Å². The zero-order valence-corrected chi connectivity index (χ0v) is 10.4. The zero-order valence-electron chi connectivity index (χ0n) is 10.4. The minimum Gasteiger partial charge on any atom is -0.390 e. The van der Waals surface area contributed by atoms with Crippen molar-refractivity contribution >= 4 is 0 Å². The molecule has 0 spiro atoms. The Balaban J connectivity index is 2.57. The van der Waals surface area contributed by atoms with E-state index in [4.69, 9.17) is 0 Å². The average Bonchev–Trinajstić information content (AvgIpc) is 2.25. The second-order valence-corrected chi connectivity index (χ2v) is 6.48. The first kappa shape index (κ1) is 12.0. The van der Waals surface area contributed by atoms with Gasteiger partial charge in [-0.15, -0.1) is 0 Å². The quantitative estimate of drug-likeness (QED) is 0.734. The van der Waals surface area contributed by atoms with Gasteiger partial charge in [0.25, 0.3) is 0 Å². The second-order valence-electron chi connectivity index (χ2n) is 6.48. The molecule has 0 bridgehead atoms. The van der Waals surface area contributed by atoms with Crippen molar-refractivity contribution in [1.29, 1.82) is 0 Å².